The Balaban J connectivity index is 2.20. The highest BCUT2D eigenvalue weighted by atomic mass is 79.9. The third-order valence-corrected chi connectivity index (χ3v) is 6.06. The molecule has 0 aromatic heterocycles. The lowest BCUT2D eigenvalue weighted by Gasteiger charge is -2.34. The number of rotatable bonds is 3. The van der Waals surface area contributed by atoms with Gasteiger partial charge in [-0.15, -0.1) is 0 Å². The minimum atomic E-state index is -3.91. The molecule has 1 aliphatic carbocycles. The van der Waals surface area contributed by atoms with Gasteiger partial charge in [-0.1, -0.05) is 13.8 Å². The van der Waals surface area contributed by atoms with Crippen LogP contribution in [0.5, 0.6) is 0 Å². The number of hydrogen-bond donors (Lipinski definition) is 2. The minimum Gasteiger partial charge on any atom is -0.399 e. The molecule has 0 atom stereocenters. The Bertz CT molecular complexity index is 637. The predicted octanol–water partition coefficient (Wildman–Crippen LogP) is 3.42. The van der Waals surface area contributed by atoms with Crippen molar-refractivity contribution in [3.63, 3.8) is 0 Å². The molecular formula is C14H20BrFN2O2S. The fraction of sp³-hybridized carbons (Fsp3) is 0.571. The summed E-state index contributed by atoms with van der Waals surface area (Å²) in [7, 11) is -3.91. The van der Waals surface area contributed by atoms with E-state index in [0.29, 0.717) is 0 Å². The molecule has 0 amide bonds. The second-order valence-corrected chi connectivity index (χ2v) is 8.91. The van der Waals surface area contributed by atoms with Gasteiger partial charge in [0.05, 0.1) is 4.47 Å². The highest BCUT2D eigenvalue weighted by molar-refractivity contribution is 9.10. The highest BCUT2D eigenvalue weighted by Gasteiger charge is 2.31. The van der Waals surface area contributed by atoms with Gasteiger partial charge in [0, 0.05) is 11.7 Å². The van der Waals surface area contributed by atoms with Crippen LogP contribution in [0.25, 0.3) is 0 Å². The third kappa shape index (κ3) is 3.96. The first-order valence-corrected chi connectivity index (χ1v) is 9.15. The minimum absolute atomic E-state index is 0.0488. The average molecular weight is 379 g/mol. The Morgan fingerprint density at radius 1 is 1.33 bits per heavy atom. The van der Waals surface area contributed by atoms with Crippen molar-refractivity contribution in [1.82, 2.24) is 4.72 Å². The number of sulfonamides is 1. The molecule has 1 saturated carbocycles. The zero-order chi connectivity index (χ0) is 15.8. The van der Waals surface area contributed by atoms with E-state index in [1.54, 1.807) is 0 Å². The van der Waals surface area contributed by atoms with Crippen LogP contribution >= 0.6 is 15.9 Å². The second kappa shape index (κ2) is 5.85. The third-order valence-electron chi connectivity index (χ3n) is 3.97. The molecule has 1 fully saturated rings. The normalized spacial score (nSPS) is 19.6. The number of halogens is 2. The van der Waals surface area contributed by atoms with Crippen molar-refractivity contribution < 1.29 is 12.8 Å². The fourth-order valence-electron chi connectivity index (χ4n) is 2.58. The van der Waals surface area contributed by atoms with Crippen LogP contribution in [0, 0.1) is 11.2 Å². The van der Waals surface area contributed by atoms with E-state index in [1.807, 2.05) is 0 Å². The molecule has 1 aromatic carbocycles. The summed E-state index contributed by atoms with van der Waals surface area (Å²) in [6.07, 6.45) is 3.42. The lowest BCUT2D eigenvalue weighted by molar-refractivity contribution is 0.218. The molecule has 0 heterocycles. The number of benzene rings is 1. The Morgan fingerprint density at radius 2 is 1.90 bits per heavy atom. The average Bonchev–Trinajstić information content (AvgIpc) is 2.36. The van der Waals surface area contributed by atoms with E-state index >= 15 is 0 Å². The summed E-state index contributed by atoms with van der Waals surface area (Å²) in [6, 6.07) is 2.34. The number of nitrogen functional groups attached to an aromatic ring is 1. The highest BCUT2D eigenvalue weighted by Crippen LogP contribution is 2.35. The van der Waals surface area contributed by atoms with Crippen molar-refractivity contribution in [3.05, 3.63) is 22.4 Å². The topological polar surface area (TPSA) is 72.2 Å². The van der Waals surface area contributed by atoms with Gasteiger partial charge in [0.15, 0.2) is 5.82 Å². The Morgan fingerprint density at radius 3 is 2.48 bits per heavy atom. The van der Waals surface area contributed by atoms with E-state index < -0.39 is 20.7 Å². The van der Waals surface area contributed by atoms with Gasteiger partial charge < -0.3 is 5.73 Å². The lowest BCUT2D eigenvalue weighted by Crippen LogP contribution is -2.39. The molecule has 21 heavy (non-hydrogen) atoms. The predicted molar refractivity (Wildman–Crippen MR) is 84.9 cm³/mol. The molecule has 118 valence electrons. The van der Waals surface area contributed by atoms with Crippen LogP contribution in [-0.4, -0.2) is 14.5 Å². The van der Waals surface area contributed by atoms with Crippen molar-refractivity contribution in [1.29, 1.82) is 0 Å². The van der Waals surface area contributed by atoms with E-state index in [-0.39, 0.29) is 21.6 Å². The van der Waals surface area contributed by atoms with Crippen molar-refractivity contribution in [2.75, 3.05) is 5.73 Å². The monoisotopic (exact) mass is 378 g/mol. The molecule has 0 spiro atoms. The maximum atomic E-state index is 14.0. The van der Waals surface area contributed by atoms with Crippen molar-refractivity contribution >= 4 is 31.6 Å². The van der Waals surface area contributed by atoms with Crippen LogP contribution in [0.15, 0.2) is 21.5 Å². The SMILES string of the molecule is CC1(C)CCC(NS(=O)(=O)c2cc(N)cc(Br)c2F)CC1. The Kier molecular flexibility index (Phi) is 4.66. The summed E-state index contributed by atoms with van der Waals surface area (Å²) in [4.78, 5) is -0.404. The molecule has 1 aliphatic rings. The van der Waals surface area contributed by atoms with Crippen LogP contribution in [0.4, 0.5) is 10.1 Å². The first kappa shape index (κ1) is 16.7. The maximum absolute atomic E-state index is 14.0. The lowest BCUT2D eigenvalue weighted by atomic mass is 9.76. The number of hydrogen-bond acceptors (Lipinski definition) is 3. The number of nitrogens with two attached hydrogens (primary N) is 1. The molecule has 0 aliphatic heterocycles. The van der Waals surface area contributed by atoms with Gasteiger partial charge in [0.25, 0.3) is 0 Å². The summed E-state index contributed by atoms with van der Waals surface area (Å²) < 4.78 is 41.4. The van der Waals surface area contributed by atoms with Crippen LogP contribution in [0.3, 0.4) is 0 Å². The Labute approximate surface area is 133 Å². The fourth-order valence-corrected chi connectivity index (χ4v) is 4.63. The van der Waals surface area contributed by atoms with Crippen molar-refractivity contribution in [2.24, 2.45) is 5.41 Å². The summed E-state index contributed by atoms with van der Waals surface area (Å²) >= 11 is 2.98. The van der Waals surface area contributed by atoms with Crippen molar-refractivity contribution in [3.8, 4) is 0 Å². The van der Waals surface area contributed by atoms with Gasteiger partial charge in [0.2, 0.25) is 10.0 Å². The van der Waals surface area contributed by atoms with E-state index in [9.17, 15) is 12.8 Å². The van der Waals surface area contributed by atoms with E-state index in [4.69, 9.17) is 5.73 Å². The van der Waals surface area contributed by atoms with Gasteiger partial charge in [0.1, 0.15) is 4.90 Å². The molecule has 0 unspecified atom stereocenters. The van der Waals surface area contributed by atoms with Gasteiger partial charge in [-0.05, 0) is 59.2 Å². The standard InChI is InChI=1S/C14H20BrFN2O2S/c1-14(2)5-3-10(4-6-14)18-21(19,20)12-8-9(17)7-11(15)13(12)16/h7-8,10,18H,3-6,17H2,1-2H3. The van der Waals surface area contributed by atoms with Crippen LogP contribution < -0.4 is 10.5 Å². The maximum Gasteiger partial charge on any atom is 0.243 e. The number of anilines is 1. The van der Waals surface area contributed by atoms with Crippen LogP contribution in [0.1, 0.15) is 39.5 Å². The second-order valence-electron chi connectivity index (χ2n) is 6.37. The molecule has 2 rings (SSSR count). The summed E-state index contributed by atoms with van der Waals surface area (Å²) in [5.74, 6) is -0.812. The molecule has 0 saturated heterocycles. The zero-order valence-corrected chi connectivity index (χ0v) is 14.5. The first-order chi connectivity index (χ1) is 9.61. The molecular weight excluding hydrogens is 359 g/mol. The molecule has 4 nitrogen and oxygen atoms in total. The quantitative estimate of drug-likeness (QED) is 0.791. The van der Waals surface area contributed by atoms with Gasteiger partial charge in [-0.2, -0.15) is 0 Å². The van der Waals surface area contributed by atoms with E-state index in [0.717, 1.165) is 31.7 Å². The smallest absolute Gasteiger partial charge is 0.243 e. The van der Waals surface area contributed by atoms with Crippen molar-refractivity contribution in [2.45, 2.75) is 50.5 Å². The van der Waals surface area contributed by atoms with E-state index in [1.165, 1.54) is 6.07 Å². The molecule has 3 N–H and O–H groups in total. The van der Waals surface area contributed by atoms with Crippen LogP contribution in [-0.2, 0) is 10.0 Å². The zero-order valence-electron chi connectivity index (χ0n) is 12.1. The summed E-state index contributed by atoms with van der Waals surface area (Å²) in [5.41, 5.74) is 6.05. The Hall–Kier alpha value is -0.660. The summed E-state index contributed by atoms with van der Waals surface area (Å²) in [5, 5.41) is 0. The van der Waals surface area contributed by atoms with Gasteiger partial charge in [-0.3, -0.25) is 0 Å². The first-order valence-electron chi connectivity index (χ1n) is 6.88. The van der Waals surface area contributed by atoms with E-state index in [2.05, 4.69) is 34.5 Å². The molecule has 0 bridgehead atoms. The molecule has 0 radical (unpaired) electrons. The summed E-state index contributed by atoms with van der Waals surface area (Å²) in [6.45, 7) is 4.35. The number of nitrogens with one attached hydrogen (secondary N) is 1. The van der Waals surface area contributed by atoms with Crippen LogP contribution in [0.2, 0.25) is 0 Å². The van der Waals surface area contributed by atoms with Gasteiger partial charge >= 0.3 is 0 Å². The molecule has 1 aromatic rings. The molecule has 7 heteroatoms. The van der Waals surface area contributed by atoms with Gasteiger partial charge in [-0.25, -0.2) is 17.5 Å². The largest absolute Gasteiger partial charge is 0.399 e.